The molecule has 1 aliphatic heterocycles. The number of halogens is 1. The third kappa shape index (κ3) is 4.22. The van der Waals surface area contributed by atoms with E-state index in [1.165, 1.54) is 38.0 Å². The van der Waals surface area contributed by atoms with Crippen LogP contribution < -0.4 is 10.5 Å². The van der Waals surface area contributed by atoms with Gasteiger partial charge in [-0.25, -0.2) is 27.5 Å². The molecule has 1 saturated heterocycles. The number of nitrogens with one attached hydrogen (secondary N) is 1. The number of aromatic nitrogens is 3. The second kappa shape index (κ2) is 8.09. The molecule has 32 heavy (non-hydrogen) atoms. The molecule has 1 aliphatic carbocycles. The number of nitrogen functional groups attached to an aromatic ring is 1. The highest BCUT2D eigenvalue weighted by molar-refractivity contribution is 7.88. The molecule has 2 aromatic heterocycles. The first-order valence-electron chi connectivity index (χ1n) is 10.8. The van der Waals surface area contributed by atoms with Crippen molar-refractivity contribution in [3.05, 3.63) is 42.1 Å². The fourth-order valence-corrected chi connectivity index (χ4v) is 5.16. The summed E-state index contributed by atoms with van der Waals surface area (Å²) in [6.07, 6.45) is 7.98. The smallest absolute Gasteiger partial charge is 0.209 e. The average Bonchev–Trinajstić information content (AvgIpc) is 3.04. The average molecular weight is 459 g/mol. The predicted octanol–water partition coefficient (Wildman–Crippen LogP) is 2.53. The van der Waals surface area contributed by atoms with E-state index >= 15 is 0 Å². The second-order valence-electron chi connectivity index (χ2n) is 8.99. The Labute approximate surface area is 186 Å². The number of rotatable bonds is 7. The topological polar surface area (TPSA) is 106 Å². The molecule has 0 amide bonds. The molecule has 0 spiro atoms. The maximum absolute atomic E-state index is 14.4. The lowest BCUT2D eigenvalue weighted by molar-refractivity contribution is 0.0921. The molecule has 8 nitrogen and oxygen atoms in total. The van der Waals surface area contributed by atoms with Gasteiger partial charge in [0.2, 0.25) is 10.0 Å². The fourth-order valence-electron chi connectivity index (χ4n) is 4.73. The first-order chi connectivity index (χ1) is 15.3. The van der Waals surface area contributed by atoms with Gasteiger partial charge < -0.3 is 15.2 Å². The van der Waals surface area contributed by atoms with E-state index in [2.05, 4.69) is 24.2 Å². The monoisotopic (exact) mass is 458 g/mol. The van der Waals surface area contributed by atoms with Gasteiger partial charge >= 0.3 is 0 Å². The van der Waals surface area contributed by atoms with Crippen molar-refractivity contribution in [2.24, 2.45) is 5.92 Å². The van der Waals surface area contributed by atoms with Crippen molar-refractivity contribution >= 4 is 26.9 Å². The lowest BCUT2D eigenvalue weighted by Gasteiger charge is -2.42. The normalized spacial score (nSPS) is 21.4. The van der Waals surface area contributed by atoms with Crippen LogP contribution in [0, 0.1) is 11.7 Å². The summed E-state index contributed by atoms with van der Waals surface area (Å²) in [7, 11) is -3.39. The number of nitrogens with two attached hydrogens (primary N) is 1. The quantitative estimate of drug-likeness (QED) is 0.564. The lowest BCUT2D eigenvalue weighted by atomic mass is 9.79. The van der Waals surface area contributed by atoms with Crippen molar-refractivity contribution < 1.29 is 12.8 Å². The van der Waals surface area contributed by atoms with Crippen molar-refractivity contribution in [1.29, 1.82) is 0 Å². The van der Waals surface area contributed by atoms with Crippen LogP contribution >= 0.6 is 0 Å². The number of fused-ring (bicyclic) bond motifs is 1. The summed E-state index contributed by atoms with van der Waals surface area (Å²) in [5.41, 5.74) is 8.88. The Morgan fingerprint density at radius 1 is 1.22 bits per heavy atom. The van der Waals surface area contributed by atoms with Crippen LogP contribution in [0.5, 0.6) is 0 Å². The van der Waals surface area contributed by atoms with Crippen molar-refractivity contribution in [2.45, 2.75) is 31.8 Å². The molecule has 5 rings (SSSR count). The number of likely N-dealkylation sites (tertiary alicyclic amines) is 1. The van der Waals surface area contributed by atoms with Crippen LogP contribution in [-0.4, -0.2) is 53.7 Å². The van der Waals surface area contributed by atoms with Crippen LogP contribution in [0.2, 0.25) is 0 Å². The van der Waals surface area contributed by atoms with Gasteiger partial charge in [0.15, 0.2) is 0 Å². The summed E-state index contributed by atoms with van der Waals surface area (Å²) in [6, 6.07) is 4.86. The molecule has 0 bridgehead atoms. The van der Waals surface area contributed by atoms with Crippen LogP contribution in [0.1, 0.15) is 30.9 Å². The Morgan fingerprint density at radius 3 is 2.69 bits per heavy atom. The molecule has 3 N–H and O–H groups in total. The summed E-state index contributed by atoms with van der Waals surface area (Å²) < 4.78 is 41.9. The van der Waals surface area contributed by atoms with Gasteiger partial charge in [0.25, 0.3) is 0 Å². The van der Waals surface area contributed by atoms with Crippen LogP contribution in [-0.2, 0) is 16.6 Å². The second-order valence-corrected chi connectivity index (χ2v) is 10.8. The molecular weight excluding hydrogens is 431 g/mol. The lowest BCUT2D eigenvalue weighted by Crippen LogP contribution is -2.43. The van der Waals surface area contributed by atoms with Gasteiger partial charge in [-0.15, -0.1) is 0 Å². The van der Waals surface area contributed by atoms with E-state index in [0.717, 1.165) is 36.9 Å². The van der Waals surface area contributed by atoms with E-state index < -0.39 is 15.8 Å². The zero-order valence-electron chi connectivity index (χ0n) is 18.0. The van der Waals surface area contributed by atoms with Gasteiger partial charge in [-0.3, -0.25) is 0 Å². The van der Waals surface area contributed by atoms with Gasteiger partial charge in [-0.05, 0) is 67.6 Å². The van der Waals surface area contributed by atoms with E-state index in [-0.39, 0.29) is 6.54 Å². The summed E-state index contributed by atoms with van der Waals surface area (Å²) in [4.78, 5) is 11.2. The maximum atomic E-state index is 14.4. The first kappa shape index (κ1) is 21.3. The Bertz CT molecular complexity index is 1260. The SMILES string of the molecule is CS(=O)(=O)NCc1cc(F)cc(-c2cn(C3CC(CN4CCC4)C3)c3ncnc(N)c23)c1. The van der Waals surface area contributed by atoms with Crippen molar-refractivity contribution in [3.8, 4) is 11.1 Å². The number of hydrogen-bond donors (Lipinski definition) is 2. The van der Waals surface area contributed by atoms with Gasteiger partial charge in [0.1, 0.15) is 23.6 Å². The predicted molar refractivity (Wildman–Crippen MR) is 122 cm³/mol. The van der Waals surface area contributed by atoms with E-state index in [4.69, 9.17) is 5.73 Å². The highest BCUT2D eigenvalue weighted by Gasteiger charge is 2.34. The Morgan fingerprint density at radius 2 is 2.00 bits per heavy atom. The minimum Gasteiger partial charge on any atom is -0.383 e. The number of nitrogens with zero attached hydrogens (tertiary/aromatic N) is 4. The number of hydrogen-bond acceptors (Lipinski definition) is 6. The number of anilines is 1. The van der Waals surface area contributed by atoms with Crippen molar-refractivity contribution in [1.82, 2.24) is 24.2 Å². The fraction of sp³-hybridized carbons (Fsp3) is 0.455. The Hall–Kier alpha value is -2.56. The zero-order valence-corrected chi connectivity index (χ0v) is 18.8. The Balaban J connectivity index is 1.47. The van der Waals surface area contributed by atoms with E-state index in [1.54, 1.807) is 6.07 Å². The molecule has 0 radical (unpaired) electrons. The summed E-state index contributed by atoms with van der Waals surface area (Å²) in [5.74, 6) is 0.589. The van der Waals surface area contributed by atoms with Gasteiger partial charge in [-0.2, -0.15) is 0 Å². The zero-order chi connectivity index (χ0) is 22.5. The molecular formula is C22H27FN6O2S. The summed E-state index contributed by atoms with van der Waals surface area (Å²) in [6.45, 7) is 3.57. The molecule has 0 unspecified atom stereocenters. The number of benzene rings is 1. The maximum Gasteiger partial charge on any atom is 0.209 e. The first-order valence-corrected chi connectivity index (χ1v) is 12.7. The van der Waals surface area contributed by atoms with E-state index in [0.29, 0.717) is 34.3 Å². The van der Waals surface area contributed by atoms with Gasteiger partial charge in [0, 0.05) is 30.9 Å². The Kier molecular flexibility index (Phi) is 5.39. The van der Waals surface area contributed by atoms with Crippen LogP contribution in [0.15, 0.2) is 30.7 Å². The third-order valence-corrected chi connectivity index (χ3v) is 7.18. The molecule has 3 heterocycles. The summed E-state index contributed by atoms with van der Waals surface area (Å²) in [5, 5.41) is 0.700. The van der Waals surface area contributed by atoms with Gasteiger partial charge in [0.05, 0.1) is 11.6 Å². The van der Waals surface area contributed by atoms with Crippen LogP contribution in [0.25, 0.3) is 22.2 Å². The molecule has 170 valence electrons. The van der Waals surface area contributed by atoms with Crippen LogP contribution in [0.4, 0.5) is 10.2 Å². The molecule has 1 saturated carbocycles. The van der Waals surface area contributed by atoms with Crippen LogP contribution in [0.3, 0.4) is 0 Å². The highest BCUT2D eigenvalue weighted by Crippen LogP contribution is 2.43. The largest absolute Gasteiger partial charge is 0.383 e. The summed E-state index contributed by atoms with van der Waals surface area (Å²) >= 11 is 0. The minimum atomic E-state index is -3.39. The molecule has 0 atom stereocenters. The molecule has 2 aliphatic rings. The van der Waals surface area contributed by atoms with Crippen molar-refractivity contribution in [2.75, 3.05) is 31.6 Å². The molecule has 10 heteroatoms. The molecule has 2 fully saturated rings. The molecule has 3 aromatic rings. The highest BCUT2D eigenvalue weighted by atomic mass is 32.2. The standard InChI is InChI=1S/C22H27FN6O2S/c1-32(30,31)27-10-14-5-16(9-17(23)6-14)19-12-29(22-20(19)21(24)25-13-26-22)18-7-15(8-18)11-28-3-2-4-28/h5-6,9,12-13,15,18,27H,2-4,7-8,10-11H2,1H3,(H2,24,25,26). The van der Waals surface area contributed by atoms with Gasteiger partial charge in [-0.1, -0.05) is 0 Å². The molecule has 1 aromatic carbocycles. The van der Waals surface area contributed by atoms with Crippen molar-refractivity contribution in [3.63, 3.8) is 0 Å². The number of sulfonamides is 1. The van der Waals surface area contributed by atoms with E-state index in [1.807, 2.05) is 6.20 Å². The minimum absolute atomic E-state index is 0.00895. The van der Waals surface area contributed by atoms with E-state index in [9.17, 15) is 12.8 Å². The third-order valence-electron chi connectivity index (χ3n) is 6.52.